The van der Waals surface area contributed by atoms with E-state index in [9.17, 15) is 0 Å². The highest BCUT2D eigenvalue weighted by Crippen LogP contribution is 2.12. The predicted molar refractivity (Wildman–Crippen MR) is 57.1 cm³/mol. The largest absolute Gasteiger partial charge is 0.211 e. The molecule has 0 spiro atoms. The second-order valence-corrected chi connectivity index (χ2v) is 3.44. The van der Waals surface area contributed by atoms with E-state index in [2.05, 4.69) is 59.3 Å². The monoisotopic (exact) mass is 180 g/mol. The van der Waals surface area contributed by atoms with Crippen molar-refractivity contribution in [2.45, 2.75) is 0 Å². The maximum absolute atomic E-state index is 2.20. The molecule has 2 heterocycles. The zero-order valence-electron chi connectivity index (χ0n) is 7.72. The molecular weight excluding hydrogens is 170 g/mol. The Hall–Kier alpha value is -1.89. The Morgan fingerprint density at radius 1 is 0.786 bits per heavy atom. The summed E-state index contributed by atoms with van der Waals surface area (Å²) in [4.78, 5) is 0. The lowest BCUT2D eigenvalue weighted by Crippen LogP contribution is -2.19. The summed E-state index contributed by atoms with van der Waals surface area (Å²) in [5.41, 5.74) is 1.23. The summed E-state index contributed by atoms with van der Waals surface area (Å²) in [6.07, 6.45) is 4.23. The van der Waals surface area contributed by atoms with Gasteiger partial charge in [-0.3, -0.25) is 0 Å². The number of hydrogen-bond donors (Lipinski definition) is 0. The van der Waals surface area contributed by atoms with Crippen molar-refractivity contribution in [3.63, 3.8) is 0 Å². The summed E-state index contributed by atoms with van der Waals surface area (Å²) in [5, 5.41) is 2.56. The highest BCUT2D eigenvalue weighted by molar-refractivity contribution is 5.83. The second-order valence-electron chi connectivity index (χ2n) is 3.44. The summed E-state index contributed by atoms with van der Waals surface area (Å²) in [7, 11) is 0. The first-order valence-corrected chi connectivity index (χ1v) is 4.72. The molecule has 0 fully saturated rings. The van der Waals surface area contributed by atoms with E-state index in [4.69, 9.17) is 0 Å². The Kier molecular flexibility index (Phi) is 1.51. The third-order valence-electron chi connectivity index (χ3n) is 2.50. The number of hydrogen-bond acceptors (Lipinski definition) is 0. The summed E-state index contributed by atoms with van der Waals surface area (Å²) in [5.74, 6) is 0. The van der Waals surface area contributed by atoms with Gasteiger partial charge in [-0.05, 0) is 17.5 Å². The van der Waals surface area contributed by atoms with Crippen LogP contribution in [0.5, 0.6) is 0 Å². The Bertz CT molecular complexity index is 494. The summed E-state index contributed by atoms with van der Waals surface area (Å²) < 4.78 is 2.14. The standard InChI is InChI=1S/C13H10N/c1-2-6-12-10-14-8-4-3-7-13(14)9-11(12)5-1/h1-10H/q+1. The lowest BCUT2D eigenvalue weighted by atomic mass is 10.1. The molecule has 0 bridgehead atoms. The molecule has 3 rings (SSSR count). The lowest BCUT2D eigenvalue weighted by molar-refractivity contribution is -0.510. The van der Waals surface area contributed by atoms with E-state index in [1.165, 1.54) is 16.3 Å². The maximum Gasteiger partial charge on any atom is 0.211 e. The molecular formula is C13H10N+. The van der Waals surface area contributed by atoms with E-state index in [1.807, 2.05) is 6.07 Å². The first kappa shape index (κ1) is 7.51. The molecule has 0 N–H and O–H groups in total. The zero-order chi connectivity index (χ0) is 9.38. The fraction of sp³-hybridized carbons (Fsp3) is 0. The minimum absolute atomic E-state index is 1.23. The topological polar surface area (TPSA) is 4.10 Å². The second kappa shape index (κ2) is 2.81. The normalized spacial score (nSPS) is 10.9. The van der Waals surface area contributed by atoms with Crippen LogP contribution in [-0.2, 0) is 0 Å². The molecule has 14 heavy (non-hydrogen) atoms. The van der Waals surface area contributed by atoms with Gasteiger partial charge in [-0.1, -0.05) is 18.2 Å². The molecule has 0 unspecified atom stereocenters. The van der Waals surface area contributed by atoms with Gasteiger partial charge in [0.25, 0.3) is 0 Å². The van der Waals surface area contributed by atoms with E-state index in [1.54, 1.807) is 0 Å². The van der Waals surface area contributed by atoms with Gasteiger partial charge in [0.05, 0.1) is 0 Å². The van der Waals surface area contributed by atoms with E-state index >= 15 is 0 Å². The summed E-state index contributed by atoms with van der Waals surface area (Å²) in [6.45, 7) is 0. The number of fused-ring (bicyclic) bond motifs is 2. The SMILES string of the molecule is c1ccc2c[n+]3ccccc3cc2c1. The highest BCUT2D eigenvalue weighted by Gasteiger charge is 2.02. The Morgan fingerprint density at radius 2 is 1.57 bits per heavy atom. The molecule has 0 atom stereocenters. The third-order valence-corrected chi connectivity index (χ3v) is 2.50. The van der Waals surface area contributed by atoms with Gasteiger partial charge in [0, 0.05) is 23.6 Å². The van der Waals surface area contributed by atoms with Crippen LogP contribution >= 0.6 is 0 Å². The Morgan fingerprint density at radius 3 is 2.50 bits per heavy atom. The Balaban J connectivity index is 2.52. The van der Waals surface area contributed by atoms with Gasteiger partial charge >= 0.3 is 0 Å². The molecule has 0 radical (unpaired) electrons. The van der Waals surface area contributed by atoms with Crippen molar-refractivity contribution in [2.75, 3.05) is 0 Å². The van der Waals surface area contributed by atoms with Crippen molar-refractivity contribution < 1.29 is 4.40 Å². The van der Waals surface area contributed by atoms with Crippen LogP contribution in [0.3, 0.4) is 0 Å². The average molecular weight is 180 g/mol. The fourth-order valence-corrected chi connectivity index (χ4v) is 1.78. The van der Waals surface area contributed by atoms with Crippen LogP contribution in [0.2, 0.25) is 0 Å². The van der Waals surface area contributed by atoms with Gasteiger partial charge in [0.15, 0.2) is 12.4 Å². The predicted octanol–water partition coefficient (Wildman–Crippen LogP) is 2.58. The van der Waals surface area contributed by atoms with Crippen LogP contribution in [0.4, 0.5) is 0 Å². The number of pyridine rings is 2. The van der Waals surface area contributed by atoms with Crippen molar-refractivity contribution in [2.24, 2.45) is 0 Å². The smallest absolute Gasteiger partial charge is 0.167 e. The number of aromatic nitrogens is 1. The van der Waals surface area contributed by atoms with Gasteiger partial charge in [0.2, 0.25) is 5.52 Å². The maximum atomic E-state index is 2.20. The van der Waals surface area contributed by atoms with Crippen LogP contribution < -0.4 is 4.40 Å². The van der Waals surface area contributed by atoms with Gasteiger partial charge < -0.3 is 0 Å². The van der Waals surface area contributed by atoms with Gasteiger partial charge in [-0.25, -0.2) is 0 Å². The van der Waals surface area contributed by atoms with E-state index in [0.29, 0.717) is 0 Å². The first-order chi connectivity index (χ1) is 6.93. The molecule has 0 aliphatic rings. The van der Waals surface area contributed by atoms with Crippen LogP contribution in [0.25, 0.3) is 16.3 Å². The number of benzene rings is 1. The molecule has 0 amide bonds. The molecule has 1 heteroatoms. The molecule has 0 saturated heterocycles. The van der Waals surface area contributed by atoms with Crippen molar-refractivity contribution in [1.29, 1.82) is 0 Å². The number of nitrogens with zero attached hydrogens (tertiary/aromatic N) is 1. The molecule has 2 aromatic heterocycles. The molecule has 1 nitrogen and oxygen atoms in total. The molecule has 0 aliphatic heterocycles. The summed E-state index contributed by atoms with van der Waals surface area (Å²) >= 11 is 0. The molecule has 0 saturated carbocycles. The molecule has 66 valence electrons. The van der Waals surface area contributed by atoms with Crippen LogP contribution in [-0.4, -0.2) is 0 Å². The van der Waals surface area contributed by atoms with Crippen molar-refractivity contribution in [1.82, 2.24) is 0 Å². The Labute approximate surface area is 82.2 Å². The highest BCUT2D eigenvalue weighted by atomic mass is 14.8. The first-order valence-electron chi connectivity index (χ1n) is 4.72. The van der Waals surface area contributed by atoms with Crippen LogP contribution in [0.15, 0.2) is 60.9 Å². The zero-order valence-corrected chi connectivity index (χ0v) is 7.72. The van der Waals surface area contributed by atoms with Gasteiger partial charge in [-0.15, -0.1) is 0 Å². The van der Waals surface area contributed by atoms with Gasteiger partial charge in [0.1, 0.15) is 0 Å². The fourth-order valence-electron chi connectivity index (χ4n) is 1.78. The average Bonchev–Trinajstić information content (AvgIpc) is 2.26. The molecule has 3 aromatic rings. The van der Waals surface area contributed by atoms with Gasteiger partial charge in [-0.2, -0.15) is 4.40 Å². The van der Waals surface area contributed by atoms with Crippen molar-refractivity contribution in [3.8, 4) is 0 Å². The van der Waals surface area contributed by atoms with Crippen molar-refractivity contribution >= 4 is 16.3 Å². The van der Waals surface area contributed by atoms with Crippen molar-refractivity contribution in [3.05, 3.63) is 60.9 Å². The lowest BCUT2D eigenvalue weighted by Gasteiger charge is -1.95. The van der Waals surface area contributed by atoms with E-state index in [0.717, 1.165) is 0 Å². The molecule has 0 aliphatic carbocycles. The minimum Gasteiger partial charge on any atom is -0.167 e. The summed E-state index contributed by atoms with van der Waals surface area (Å²) in [6, 6.07) is 16.8. The van der Waals surface area contributed by atoms with E-state index in [-0.39, 0.29) is 0 Å². The minimum atomic E-state index is 1.23. The van der Waals surface area contributed by atoms with Crippen LogP contribution in [0, 0.1) is 0 Å². The molecule has 1 aromatic carbocycles. The van der Waals surface area contributed by atoms with E-state index < -0.39 is 0 Å². The number of rotatable bonds is 0. The van der Waals surface area contributed by atoms with Crippen LogP contribution in [0.1, 0.15) is 0 Å². The third kappa shape index (κ3) is 1.06. The quantitative estimate of drug-likeness (QED) is 0.370.